The van der Waals surface area contributed by atoms with Gasteiger partial charge in [0.05, 0.1) is 5.38 Å². The third-order valence-corrected chi connectivity index (χ3v) is 3.16. The fraction of sp³-hybridized carbons (Fsp3) is 0.500. The topological polar surface area (TPSA) is 17.1 Å². The van der Waals surface area contributed by atoms with E-state index in [1.165, 1.54) is 25.3 Å². The van der Waals surface area contributed by atoms with Crippen molar-refractivity contribution < 1.29 is 4.79 Å². The number of unbranched alkanes of at least 4 members (excludes halogenated alkanes) is 1. The Balaban J connectivity index is 2.54. The molecule has 88 valence electrons. The molecular weight excluding hydrogens is 220 g/mol. The molecule has 0 aliphatic heterocycles. The fourth-order valence-electron chi connectivity index (χ4n) is 1.57. The van der Waals surface area contributed by atoms with Crippen molar-refractivity contribution in [3.05, 3.63) is 35.4 Å². The van der Waals surface area contributed by atoms with Crippen LogP contribution in [0.4, 0.5) is 0 Å². The van der Waals surface area contributed by atoms with Gasteiger partial charge in [-0.3, -0.25) is 4.79 Å². The van der Waals surface area contributed by atoms with Gasteiger partial charge in [-0.15, -0.1) is 11.6 Å². The maximum absolute atomic E-state index is 11.0. The Labute approximate surface area is 103 Å². The van der Waals surface area contributed by atoms with Gasteiger partial charge in [-0.1, -0.05) is 37.6 Å². The molecule has 1 atom stereocenters. The summed E-state index contributed by atoms with van der Waals surface area (Å²) in [5, 5.41) is -0.388. The van der Waals surface area contributed by atoms with E-state index in [4.69, 9.17) is 11.6 Å². The summed E-state index contributed by atoms with van der Waals surface area (Å²) in [4.78, 5) is 11.0. The highest BCUT2D eigenvalue weighted by Crippen LogP contribution is 2.12. The number of rotatable bonds is 6. The number of hydrogen-bond acceptors (Lipinski definition) is 1. The van der Waals surface area contributed by atoms with Crippen molar-refractivity contribution >= 4 is 17.4 Å². The summed E-state index contributed by atoms with van der Waals surface area (Å²) in [7, 11) is 0. The molecule has 0 radical (unpaired) electrons. The Morgan fingerprint density at radius 1 is 1.25 bits per heavy atom. The molecule has 0 N–H and O–H groups in total. The number of carbonyl (C=O) groups excluding carboxylic acids is 1. The maximum atomic E-state index is 11.0. The van der Waals surface area contributed by atoms with Crippen LogP contribution >= 0.6 is 11.6 Å². The number of hydrogen-bond donors (Lipinski definition) is 0. The molecular formula is C14H19ClO. The number of halogens is 1. The predicted molar refractivity (Wildman–Crippen MR) is 69.1 cm³/mol. The van der Waals surface area contributed by atoms with Crippen molar-refractivity contribution in [1.29, 1.82) is 0 Å². The van der Waals surface area contributed by atoms with Crippen molar-refractivity contribution in [2.24, 2.45) is 0 Å². The number of carbonyl (C=O) groups is 1. The molecule has 0 aromatic heterocycles. The largest absolute Gasteiger partial charge is 0.298 e. The molecule has 1 rings (SSSR count). The zero-order valence-corrected chi connectivity index (χ0v) is 10.8. The molecule has 1 unspecified atom stereocenters. The van der Waals surface area contributed by atoms with Crippen molar-refractivity contribution in [2.45, 2.75) is 44.9 Å². The van der Waals surface area contributed by atoms with Gasteiger partial charge in [-0.2, -0.15) is 0 Å². The molecule has 0 amide bonds. The third-order valence-electron chi connectivity index (χ3n) is 2.70. The zero-order valence-electron chi connectivity index (χ0n) is 10.0. The number of ketones is 1. The average Bonchev–Trinajstić information content (AvgIpc) is 2.28. The van der Waals surface area contributed by atoms with Crippen LogP contribution in [-0.4, -0.2) is 11.2 Å². The van der Waals surface area contributed by atoms with Gasteiger partial charge in [0, 0.05) is 0 Å². The van der Waals surface area contributed by atoms with Crippen molar-refractivity contribution in [3.63, 3.8) is 0 Å². The Morgan fingerprint density at radius 2 is 1.81 bits per heavy atom. The maximum Gasteiger partial charge on any atom is 0.147 e. The first-order valence-electron chi connectivity index (χ1n) is 5.85. The van der Waals surface area contributed by atoms with E-state index in [0.29, 0.717) is 6.42 Å². The lowest BCUT2D eigenvalue weighted by molar-refractivity contribution is -0.116. The number of benzene rings is 1. The van der Waals surface area contributed by atoms with Gasteiger partial charge in [-0.05, 0) is 37.3 Å². The molecule has 0 bridgehead atoms. The van der Waals surface area contributed by atoms with Gasteiger partial charge in [-0.25, -0.2) is 0 Å². The Morgan fingerprint density at radius 3 is 2.31 bits per heavy atom. The normalized spacial score (nSPS) is 12.4. The smallest absolute Gasteiger partial charge is 0.147 e. The van der Waals surface area contributed by atoms with E-state index < -0.39 is 0 Å². The van der Waals surface area contributed by atoms with Gasteiger partial charge in [0.25, 0.3) is 0 Å². The highest BCUT2D eigenvalue weighted by Gasteiger charge is 2.10. The summed E-state index contributed by atoms with van der Waals surface area (Å²) in [6.45, 7) is 3.73. The molecule has 1 nitrogen and oxygen atoms in total. The summed E-state index contributed by atoms with van der Waals surface area (Å²) in [5.41, 5.74) is 2.50. The first kappa shape index (κ1) is 13.2. The Kier molecular flexibility index (Phi) is 5.54. The van der Waals surface area contributed by atoms with Crippen molar-refractivity contribution in [2.75, 3.05) is 0 Å². The highest BCUT2D eigenvalue weighted by atomic mass is 35.5. The van der Waals surface area contributed by atoms with Gasteiger partial charge < -0.3 is 0 Å². The first-order valence-corrected chi connectivity index (χ1v) is 6.29. The number of Topliss-reactive ketones (excluding diaryl/α,β-unsaturated/α-hetero) is 1. The lowest BCUT2D eigenvalue weighted by Gasteiger charge is -2.06. The summed E-state index contributed by atoms with van der Waals surface area (Å²) >= 11 is 5.92. The lowest BCUT2D eigenvalue weighted by Crippen LogP contribution is -2.13. The summed E-state index contributed by atoms with van der Waals surface area (Å²) < 4.78 is 0. The molecule has 0 aliphatic carbocycles. The van der Waals surface area contributed by atoms with E-state index in [2.05, 4.69) is 31.2 Å². The molecule has 0 saturated carbocycles. The second-order valence-corrected chi connectivity index (χ2v) is 4.73. The first-order chi connectivity index (χ1) is 7.63. The van der Waals surface area contributed by atoms with E-state index in [9.17, 15) is 4.79 Å². The summed E-state index contributed by atoms with van der Waals surface area (Å²) in [6.07, 6.45) is 4.21. The molecule has 0 spiro atoms. The second kappa shape index (κ2) is 6.70. The van der Waals surface area contributed by atoms with E-state index in [-0.39, 0.29) is 11.2 Å². The Bertz CT molecular complexity index is 329. The zero-order chi connectivity index (χ0) is 12.0. The average molecular weight is 239 g/mol. The molecule has 0 fully saturated rings. The fourth-order valence-corrected chi connectivity index (χ4v) is 1.75. The van der Waals surface area contributed by atoms with Gasteiger partial charge in [0.2, 0.25) is 0 Å². The van der Waals surface area contributed by atoms with Crippen LogP contribution in [0.2, 0.25) is 0 Å². The van der Waals surface area contributed by atoms with Crippen LogP contribution < -0.4 is 0 Å². The monoisotopic (exact) mass is 238 g/mol. The van der Waals surface area contributed by atoms with Crippen LogP contribution in [0.15, 0.2) is 24.3 Å². The molecule has 0 aliphatic rings. The van der Waals surface area contributed by atoms with Gasteiger partial charge >= 0.3 is 0 Å². The Hall–Kier alpha value is -0.820. The minimum Gasteiger partial charge on any atom is -0.298 e. The molecule has 0 heterocycles. The SMILES string of the molecule is CCCCc1ccc(CC(Cl)C(C)=O)cc1. The van der Waals surface area contributed by atoms with Crippen LogP contribution in [-0.2, 0) is 17.6 Å². The highest BCUT2D eigenvalue weighted by molar-refractivity contribution is 6.30. The van der Waals surface area contributed by atoms with Crippen LogP contribution in [0.5, 0.6) is 0 Å². The van der Waals surface area contributed by atoms with Crippen LogP contribution in [0.3, 0.4) is 0 Å². The van der Waals surface area contributed by atoms with Crippen molar-refractivity contribution in [1.82, 2.24) is 0 Å². The van der Waals surface area contributed by atoms with Crippen LogP contribution in [0.25, 0.3) is 0 Å². The van der Waals surface area contributed by atoms with E-state index >= 15 is 0 Å². The van der Waals surface area contributed by atoms with Crippen LogP contribution in [0.1, 0.15) is 37.8 Å². The van der Waals surface area contributed by atoms with E-state index in [1.807, 2.05) is 0 Å². The standard InChI is InChI=1S/C14H19ClO/c1-3-4-5-12-6-8-13(9-7-12)10-14(15)11(2)16/h6-9,14H,3-5,10H2,1-2H3. The minimum absolute atomic E-state index is 0.0386. The van der Waals surface area contributed by atoms with E-state index in [0.717, 1.165) is 12.0 Å². The van der Waals surface area contributed by atoms with Gasteiger partial charge in [0.15, 0.2) is 0 Å². The van der Waals surface area contributed by atoms with Gasteiger partial charge in [0.1, 0.15) is 5.78 Å². The number of alkyl halides is 1. The molecule has 1 aromatic carbocycles. The lowest BCUT2D eigenvalue weighted by atomic mass is 10.0. The number of aryl methyl sites for hydroxylation is 1. The summed E-state index contributed by atoms with van der Waals surface area (Å²) in [5.74, 6) is 0.0386. The van der Waals surface area contributed by atoms with E-state index in [1.54, 1.807) is 0 Å². The van der Waals surface area contributed by atoms with Crippen molar-refractivity contribution in [3.8, 4) is 0 Å². The molecule has 0 saturated heterocycles. The second-order valence-electron chi connectivity index (χ2n) is 4.20. The quantitative estimate of drug-likeness (QED) is 0.690. The predicted octanol–water partition coefficient (Wildman–Crippen LogP) is 3.77. The third kappa shape index (κ3) is 4.36. The molecule has 1 aromatic rings. The van der Waals surface area contributed by atoms with Crippen LogP contribution in [0, 0.1) is 0 Å². The molecule has 16 heavy (non-hydrogen) atoms. The summed E-state index contributed by atoms with van der Waals surface area (Å²) in [6, 6.07) is 8.41. The minimum atomic E-state index is -0.388. The molecule has 2 heteroatoms.